The molecule has 0 aliphatic heterocycles. The molecule has 6 heteroatoms. The van der Waals surface area contributed by atoms with Gasteiger partial charge in [-0.05, 0) is 17.7 Å². The highest BCUT2D eigenvalue weighted by molar-refractivity contribution is 9.10. The Morgan fingerprint density at radius 1 is 1.32 bits per heavy atom. The summed E-state index contributed by atoms with van der Waals surface area (Å²) in [6.45, 7) is 2.05. The van der Waals surface area contributed by atoms with Crippen molar-refractivity contribution in [1.29, 1.82) is 0 Å². The Balaban J connectivity index is 2.12. The van der Waals surface area contributed by atoms with E-state index in [2.05, 4.69) is 21.0 Å². The summed E-state index contributed by atoms with van der Waals surface area (Å²) >= 11 is 3.43. The standard InChI is InChI=1S/C13H15BrN2O2S/c1-2-19(17,18)7-6-16-10-12(9-15-16)11-4-3-5-13(14)8-11/h3-5,8-10H,2,6-7H2,1H3. The van der Waals surface area contributed by atoms with Gasteiger partial charge in [-0.3, -0.25) is 4.68 Å². The van der Waals surface area contributed by atoms with Gasteiger partial charge in [0, 0.05) is 22.0 Å². The summed E-state index contributed by atoms with van der Waals surface area (Å²) in [6.07, 6.45) is 3.62. The summed E-state index contributed by atoms with van der Waals surface area (Å²) < 4.78 is 25.6. The van der Waals surface area contributed by atoms with E-state index in [9.17, 15) is 8.42 Å². The van der Waals surface area contributed by atoms with Crippen LogP contribution in [0.2, 0.25) is 0 Å². The Morgan fingerprint density at radius 2 is 2.11 bits per heavy atom. The summed E-state index contributed by atoms with van der Waals surface area (Å²) in [5.74, 6) is 0.301. The highest BCUT2D eigenvalue weighted by Crippen LogP contribution is 2.22. The molecule has 0 aliphatic carbocycles. The first kappa shape index (κ1) is 14.3. The molecule has 0 fully saturated rings. The van der Waals surface area contributed by atoms with Crippen LogP contribution in [0.15, 0.2) is 41.1 Å². The zero-order valence-corrected chi connectivity index (χ0v) is 13.0. The van der Waals surface area contributed by atoms with Gasteiger partial charge in [0.05, 0.1) is 18.5 Å². The number of rotatable bonds is 5. The smallest absolute Gasteiger partial charge is 0.151 e. The Bertz CT molecular complexity index is 665. The van der Waals surface area contributed by atoms with Gasteiger partial charge < -0.3 is 0 Å². The lowest BCUT2D eigenvalue weighted by Gasteiger charge is -2.01. The predicted molar refractivity (Wildman–Crippen MR) is 79.7 cm³/mol. The summed E-state index contributed by atoms with van der Waals surface area (Å²) in [5.41, 5.74) is 2.04. The van der Waals surface area contributed by atoms with Crippen LogP contribution in [-0.4, -0.2) is 29.7 Å². The average molecular weight is 343 g/mol. The van der Waals surface area contributed by atoms with Crippen LogP contribution in [0.4, 0.5) is 0 Å². The van der Waals surface area contributed by atoms with Gasteiger partial charge in [-0.25, -0.2) is 8.42 Å². The van der Waals surface area contributed by atoms with Gasteiger partial charge in [-0.2, -0.15) is 5.10 Å². The number of nitrogens with zero attached hydrogens (tertiary/aromatic N) is 2. The van der Waals surface area contributed by atoms with Gasteiger partial charge in [0.1, 0.15) is 0 Å². The summed E-state index contributed by atoms with van der Waals surface area (Å²) in [4.78, 5) is 0. The molecule has 1 aromatic heterocycles. The number of aryl methyl sites for hydroxylation is 1. The molecule has 0 saturated heterocycles. The molecule has 0 radical (unpaired) electrons. The first-order valence-corrected chi connectivity index (χ1v) is 8.60. The first-order valence-electron chi connectivity index (χ1n) is 5.99. The molecule has 0 unspecified atom stereocenters. The zero-order valence-electron chi connectivity index (χ0n) is 10.6. The lowest BCUT2D eigenvalue weighted by Crippen LogP contribution is -2.14. The Morgan fingerprint density at radius 3 is 2.79 bits per heavy atom. The van der Waals surface area contributed by atoms with E-state index < -0.39 is 9.84 Å². The first-order chi connectivity index (χ1) is 9.00. The predicted octanol–water partition coefficient (Wildman–Crippen LogP) is 2.75. The van der Waals surface area contributed by atoms with Crippen LogP contribution in [0.1, 0.15) is 6.92 Å². The van der Waals surface area contributed by atoms with Crippen molar-refractivity contribution in [3.05, 3.63) is 41.1 Å². The third kappa shape index (κ3) is 3.91. The molecular formula is C13H15BrN2O2S. The van der Waals surface area contributed by atoms with E-state index in [1.54, 1.807) is 17.8 Å². The van der Waals surface area contributed by atoms with Gasteiger partial charge in [0.25, 0.3) is 0 Å². The van der Waals surface area contributed by atoms with Crippen molar-refractivity contribution in [3.8, 4) is 11.1 Å². The van der Waals surface area contributed by atoms with Crippen molar-refractivity contribution in [3.63, 3.8) is 0 Å². The lowest BCUT2D eigenvalue weighted by atomic mass is 10.1. The summed E-state index contributed by atoms with van der Waals surface area (Å²) in [6, 6.07) is 7.92. The maximum absolute atomic E-state index is 11.4. The molecule has 1 aromatic carbocycles. The van der Waals surface area contributed by atoms with E-state index in [0.717, 1.165) is 15.6 Å². The number of benzene rings is 1. The van der Waals surface area contributed by atoms with Crippen molar-refractivity contribution in [2.24, 2.45) is 0 Å². The third-order valence-corrected chi connectivity index (χ3v) is 5.04. The van der Waals surface area contributed by atoms with E-state index in [4.69, 9.17) is 0 Å². The molecule has 0 saturated carbocycles. The number of sulfone groups is 1. The van der Waals surface area contributed by atoms with Crippen LogP contribution < -0.4 is 0 Å². The largest absolute Gasteiger partial charge is 0.271 e. The quantitative estimate of drug-likeness (QED) is 0.839. The molecule has 19 heavy (non-hydrogen) atoms. The van der Waals surface area contributed by atoms with Gasteiger partial charge in [0.15, 0.2) is 9.84 Å². The Hall–Kier alpha value is -1.14. The van der Waals surface area contributed by atoms with E-state index in [0.29, 0.717) is 6.54 Å². The Labute approximate surface area is 121 Å². The van der Waals surface area contributed by atoms with Crippen molar-refractivity contribution >= 4 is 25.8 Å². The minimum absolute atomic E-state index is 0.128. The minimum atomic E-state index is -2.95. The minimum Gasteiger partial charge on any atom is -0.271 e. The fourth-order valence-electron chi connectivity index (χ4n) is 1.68. The van der Waals surface area contributed by atoms with E-state index in [-0.39, 0.29) is 11.5 Å². The second-order valence-electron chi connectivity index (χ2n) is 4.24. The topological polar surface area (TPSA) is 52.0 Å². The molecule has 4 nitrogen and oxygen atoms in total. The van der Waals surface area contributed by atoms with Gasteiger partial charge >= 0.3 is 0 Å². The zero-order chi connectivity index (χ0) is 13.9. The van der Waals surface area contributed by atoms with Gasteiger partial charge in [-0.1, -0.05) is 35.0 Å². The van der Waals surface area contributed by atoms with Gasteiger partial charge in [-0.15, -0.1) is 0 Å². The molecule has 0 amide bonds. The molecule has 0 N–H and O–H groups in total. The third-order valence-electron chi connectivity index (χ3n) is 2.86. The van der Waals surface area contributed by atoms with Crippen LogP contribution in [0.25, 0.3) is 11.1 Å². The van der Waals surface area contributed by atoms with Crippen molar-refractivity contribution in [2.45, 2.75) is 13.5 Å². The molecule has 0 bridgehead atoms. The van der Waals surface area contributed by atoms with Crippen LogP contribution in [0.5, 0.6) is 0 Å². The maximum Gasteiger partial charge on any atom is 0.151 e. The van der Waals surface area contributed by atoms with Crippen molar-refractivity contribution in [2.75, 3.05) is 11.5 Å². The van der Waals surface area contributed by atoms with Crippen LogP contribution in [0.3, 0.4) is 0 Å². The van der Waals surface area contributed by atoms with Crippen molar-refractivity contribution in [1.82, 2.24) is 9.78 Å². The van der Waals surface area contributed by atoms with Crippen molar-refractivity contribution < 1.29 is 8.42 Å². The summed E-state index contributed by atoms with van der Waals surface area (Å²) in [5, 5.41) is 4.20. The maximum atomic E-state index is 11.4. The van der Waals surface area contributed by atoms with E-state index in [1.165, 1.54) is 0 Å². The number of hydrogen-bond donors (Lipinski definition) is 0. The molecule has 0 aliphatic rings. The number of aromatic nitrogens is 2. The number of halogens is 1. The molecule has 2 rings (SSSR count). The molecule has 2 aromatic rings. The molecule has 102 valence electrons. The summed E-state index contributed by atoms with van der Waals surface area (Å²) in [7, 11) is -2.95. The van der Waals surface area contributed by atoms with Crippen LogP contribution in [0, 0.1) is 0 Å². The highest BCUT2D eigenvalue weighted by atomic mass is 79.9. The SMILES string of the molecule is CCS(=O)(=O)CCn1cc(-c2cccc(Br)c2)cn1. The second-order valence-corrected chi connectivity index (χ2v) is 7.63. The normalized spacial score (nSPS) is 11.7. The fraction of sp³-hybridized carbons (Fsp3) is 0.308. The van der Waals surface area contributed by atoms with Crippen LogP contribution >= 0.6 is 15.9 Å². The average Bonchev–Trinajstić information content (AvgIpc) is 2.85. The Kier molecular flexibility index (Phi) is 4.42. The van der Waals surface area contributed by atoms with Crippen LogP contribution in [-0.2, 0) is 16.4 Å². The monoisotopic (exact) mass is 342 g/mol. The van der Waals surface area contributed by atoms with Gasteiger partial charge in [0.2, 0.25) is 0 Å². The second kappa shape index (κ2) is 5.88. The molecule has 1 heterocycles. The van der Waals surface area contributed by atoms with E-state index >= 15 is 0 Å². The molecule has 0 atom stereocenters. The number of hydrogen-bond acceptors (Lipinski definition) is 3. The highest BCUT2D eigenvalue weighted by Gasteiger charge is 2.08. The fourth-order valence-corrected chi connectivity index (χ4v) is 2.83. The lowest BCUT2D eigenvalue weighted by molar-refractivity contribution is 0.582. The molecule has 0 spiro atoms. The van der Waals surface area contributed by atoms with E-state index in [1.807, 2.05) is 30.5 Å². The molecular weight excluding hydrogens is 328 g/mol.